The highest BCUT2D eigenvalue weighted by atomic mass is 32.2. The number of rotatable bonds is 9. The van der Waals surface area contributed by atoms with Crippen LogP contribution in [0.5, 0.6) is 5.75 Å². The van der Waals surface area contributed by atoms with Crippen molar-refractivity contribution in [2.75, 3.05) is 30.7 Å². The maximum Gasteiger partial charge on any atom is 0.229 e. The van der Waals surface area contributed by atoms with Crippen LogP contribution in [0.4, 0.5) is 5.69 Å². The first-order valence-corrected chi connectivity index (χ1v) is 10.1. The normalized spacial score (nSPS) is 11.8. The molecule has 0 fully saturated rings. The first-order chi connectivity index (χ1) is 12.4. The van der Waals surface area contributed by atoms with E-state index in [1.54, 1.807) is 24.3 Å². The Labute approximate surface area is 154 Å². The summed E-state index contributed by atoms with van der Waals surface area (Å²) in [6.07, 6.45) is 1.93. The smallest absolute Gasteiger partial charge is 0.229 e. The van der Waals surface area contributed by atoms with Crippen molar-refractivity contribution in [2.24, 2.45) is 10.7 Å². The predicted molar refractivity (Wildman–Crippen MR) is 105 cm³/mol. The number of nitrogens with zero attached hydrogens (tertiary/aromatic N) is 1. The van der Waals surface area contributed by atoms with E-state index in [0.717, 1.165) is 12.7 Å². The summed E-state index contributed by atoms with van der Waals surface area (Å²) in [6.45, 7) is 1.48. The Hall–Kier alpha value is -2.74. The number of aliphatic imine (C=N–C) groups is 1. The zero-order chi connectivity index (χ0) is 18.8. The summed E-state index contributed by atoms with van der Waals surface area (Å²) >= 11 is 0. The van der Waals surface area contributed by atoms with Crippen molar-refractivity contribution >= 4 is 21.7 Å². The molecule has 2 rings (SSSR count). The van der Waals surface area contributed by atoms with Gasteiger partial charge in [-0.15, -0.1) is 0 Å². The maximum absolute atomic E-state index is 11.2. The van der Waals surface area contributed by atoms with Crippen molar-refractivity contribution in [3.63, 3.8) is 0 Å². The fourth-order valence-corrected chi connectivity index (χ4v) is 2.77. The highest BCUT2D eigenvalue weighted by Gasteiger charge is 2.03. The van der Waals surface area contributed by atoms with Crippen LogP contribution in [-0.2, 0) is 16.4 Å². The molecular formula is C18H24N4O3S. The number of nitrogens with two attached hydrogens (primary N) is 1. The Morgan fingerprint density at radius 1 is 1.15 bits per heavy atom. The standard InChI is InChI=1S/C18H24N4O3S/c1-26(23,24)22-16-8-5-9-17(14-16)25-13-12-21-18(19)20-11-10-15-6-3-2-4-7-15/h2-9,14,22H,10-13H2,1H3,(H3,19,20,21). The van der Waals surface area contributed by atoms with Crippen LogP contribution >= 0.6 is 0 Å². The van der Waals surface area contributed by atoms with E-state index in [9.17, 15) is 8.42 Å². The summed E-state index contributed by atoms with van der Waals surface area (Å²) in [5, 5.41) is 2.98. The Kier molecular flexibility index (Phi) is 7.28. The van der Waals surface area contributed by atoms with Gasteiger partial charge < -0.3 is 15.8 Å². The summed E-state index contributed by atoms with van der Waals surface area (Å²) in [7, 11) is -3.31. The Balaban J connectivity index is 1.69. The van der Waals surface area contributed by atoms with Gasteiger partial charge in [-0.2, -0.15) is 0 Å². The summed E-state index contributed by atoms with van der Waals surface area (Å²) in [4.78, 5) is 4.27. The summed E-state index contributed by atoms with van der Waals surface area (Å²) in [6, 6.07) is 16.8. The quantitative estimate of drug-likeness (QED) is 0.350. The molecular weight excluding hydrogens is 352 g/mol. The van der Waals surface area contributed by atoms with Crippen LogP contribution < -0.4 is 20.5 Å². The molecule has 0 saturated carbocycles. The third-order valence-corrected chi connectivity index (χ3v) is 3.95. The molecule has 0 unspecified atom stereocenters. The lowest BCUT2D eigenvalue weighted by Crippen LogP contribution is -2.35. The zero-order valence-electron chi connectivity index (χ0n) is 14.7. The molecule has 0 heterocycles. The number of nitrogens with one attached hydrogen (secondary N) is 2. The van der Waals surface area contributed by atoms with Crippen LogP contribution in [0.1, 0.15) is 5.56 Å². The van der Waals surface area contributed by atoms with Gasteiger partial charge in [0, 0.05) is 12.6 Å². The molecule has 4 N–H and O–H groups in total. The van der Waals surface area contributed by atoms with Crippen molar-refractivity contribution in [2.45, 2.75) is 6.42 Å². The maximum atomic E-state index is 11.2. The van der Waals surface area contributed by atoms with Gasteiger partial charge in [0.05, 0.1) is 18.5 Å². The van der Waals surface area contributed by atoms with E-state index >= 15 is 0 Å². The molecule has 0 atom stereocenters. The van der Waals surface area contributed by atoms with Gasteiger partial charge in [0.15, 0.2) is 5.96 Å². The number of hydrogen-bond donors (Lipinski definition) is 3. The lowest BCUT2D eigenvalue weighted by molar-refractivity contribution is 0.322. The SMILES string of the molecule is CS(=O)(=O)Nc1cccc(OCCNC(N)=NCCc2ccccc2)c1. The van der Waals surface area contributed by atoms with E-state index in [1.807, 2.05) is 18.2 Å². The molecule has 140 valence electrons. The van der Waals surface area contributed by atoms with E-state index < -0.39 is 10.0 Å². The number of guanidine groups is 1. The average Bonchev–Trinajstić information content (AvgIpc) is 2.58. The van der Waals surface area contributed by atoms with Crippen molar-refractivity contribution in [3.8, 4) is 5.75 Å². The summed E-state index contributed by atoms with van der Waals surface area (Å²) in [5.74, 6) is 0.942. The minimum Gasteiger partial charge on any atom is -0.492 e. The number of benzene rings is 2. The molecule has 7 nitrogen and oxygen atoms in total. The zero-order valence-corrected chi connectivity index (χ0v) is 15.5. The van der Waals surface area contributed by atoms with E-state index in [4.69, 9.17) is 10.5 Å². The molecule has 0 saturated heterocycles. The summed E-state index contributed by atoms with van der Waals surface area (Å²) in [5.41, 5.74) is 7.49. The molecule has 0 aromatic heterocycles. The first kappa shape index (κ1) is 19.6. The van der Waals surface area contributed by atoms with Gasteiger partial charge in [0.25, 0.3) is 0 Å². The van der Waals surface area contributed by atoms with Crippen LogP contribution in [0.25, 0.3) is 0 Å². The molecule has 26 heavy (non-hydrogen) atoms. The number of anilines is 1. The Bertz CT molecular complexity index is 823. The van der Waals surface area contributed by atoms with Crippen molar-refractivity contribution in [1.82, 2.24) is 5.32 Å². The number of ether oxygens (including phenoxy) is 1. The lowest BCUT2D eigenvalue weighted by Gasteiger charge is -2.10. The van der Waals surface area contributed by atoms with Crippen LogP contribution in [0.3, 0.4) is 0 Å². The third-order valence-electron chi connectivity index (χ3n) is 3.34. The van der Waals surface area contributed by atoms with Gasteiger partial charge in [-0.3, -0.25) is 9.71 Å². The Morgan fingerprint density at radius 3 is 2.65 bits per heavy atom. The van der Waals surface area contributed by atoms with E-state index in [2.05, 4.69) is 27.2 Å². The first-order valence-electron chi connectivity index (χ1n) is 8.21. The molecule has 2 aromatic carbocycles. The highest BCUT2D eigenvalue weighted by molar-refractivity contribution is 7.92. The second-order valence-electron chi connectivity index (χ2n) is 5.68. The van der Waals surface area contributed by atoms with E-state index in [-0.39, 0.29) is 0 Å². The predicted octanol–water partition coefficient (Wildman–Crippen LogP) is 1.58. The van der Waals surface area contributed by atoms with E-state index in [0.29, 0.717) is 37.1 Å². The van der Waals surface area contributed by atoms with Gasteiger partial charge in [0.2, 0.25) is 10.0 Å². The molecule has 0 radical (unpaired) electrons. The molecule has 8 heteroatoms. The van der Waals surface area contributed by atoms with Crippen LogP contribution in [0, 0.1) is 0 Å². The lowest BCUT2D eigenvalue weighted by atomic mass is 10.2. The highest BCUT2D eigenvalue weighted by Crippen LogP contribution is 2.17. The minimum absolute atomic E-state index is 0.372. The van der Waals surface area contributed by atoms with Gasteiger partial charge >= 0.3 is 0 Å². The molecule has 0 spiro atoms. The van der Waals surface area contributed by atoms with Gasteiger partial charge in [-0.05, 0) is 24.1 Å². The van der Waals surface area contributed by atoms with Crippen molar-refractivity contribution < 1.29 is 13.2 Å². The van der Waals surface area contributed by atoms with Crippen LogP contribution in [0.2, 0.25) is 0 Å². The van der Waals surface area contributed by atoms with Gasteiger partial charge in [-0.1, -0.05) is 36.4 Å². The second-order valence-corrected chi connectivity index (χ2v) is 7.43. The van der Waals surface area contributed by atoms with Gasteiger partial charge in [0.1, 0.15) is 12.4 Å². The fourth-order valence-electron chi connectivity index (χ4n) is 2.22. The molecule has 0 aliphatic carbocycles. The molecule has 0 aliphatic heterocycles. The largest absolute Gasteiger partial charge is 0.492 e. The van der Waals surface area contributed by atoms with Crippen molar-refractivity contribution in [1.29, 1.82) is 0 Å². The van der Waals surface area contributed by atoms with Crippen molar-refractivity contribution in [3.05, 3.63) is 60.2 Å². The van der Waals surface area contributed by atoms with E-state index in [1.165, 1.54) is 5.56 Å². The minimum atomic E-state index is -3.31. The molecule has 0 aliphatic rings. The second kappa shape index (κ2) is 9.67. The molecule has 0 bridgehead atoms. The van der Waals surface area contributed by atoms with Gasteiger partial charge in [-0.25, -0.2) is 8.42 Å². The fraction of sp³-hybridized carbons (Fsp3) is 0.278. The average molecular weight is 376 g/mol. The molecule has 2 aromatic rings. The molecule has 0 amide bonds. The Morgan fingerprint density at radius 2 is 1.92 bits per heavy atom. The topological polar surface area (TPSA) is 106 Å². The number of sulfonamides is 1. The van der Waals surface area contributed by atoms with Crippen LogP contribution in [0.15, 0.2) is 59.6 Å². The summed E-state index contributed by atoms with van der Waals surface area (Å²) < 4.78 is 30.5. The monoisotopic (exact) mass is 376 g/mol. The number of hydrogen-bond acceptors (Lipinski definition) is 4. The van der Waals surface area contributed by atoms with Crippen LogP contribution in [-0.4, -0.2) is 40.3 Å². The third kappa shape index (κ3) is 7.89.